The van der Waals surface area contributed by atoms with Gasteiger partial charge >= 0.3 is 0 Å². The number of halogens is 2. The van der Waals surface area contributed by atoms with Crippen LogP contribution < -0.4 is 14.8 Å². The van der Waals surface area contributed by atoms with E-state index in [4.69, 9.17) is 21.1 Å². The maximum absolute atomic E-state index is 13.8. The lowest BCUT2D eigenvalue weighted by atomic mass is 10.2. The zero-order chi connectivity index (χ0) is 20.9. The summed E-state index contributed by atoms with van der Waals surface area (Å²) in [7, 11) is 1.56. The minimum Gasteiger partial charge on any atom is -0.493 e. The van der Waals surface area contributed by atoms with E-state index in [-0.39, 0.29) is 12.4 Å². The number of para-hydroxylation sites is 2. The molecule has 0 bridgehead atoms. The highest BCUT2D eigenvalue weighted by Gasteiger charge is 2.12. The number of H-pyrrole nitrogens is 1. The SMILES string of the molecule is COc1cc(CNCc2nc3ccccc3[nH]2)c(Cl)cc1OCc1ccccc1F. The molecule has 0 aliphatic rings. The Bertz CT molecular complexity index is 1130. The predicted molar refractivity (Wildman–Crippen MR) is 115 cm³/mol. The molecule has 2 N–H and O–H groups in total. The summed E-state index contributed by atoms with van der Waals surface area (Å²) in [6, 6.07) is 17.9. The van der Waals surface area contributed by atoms with Crippen LogP contribution in [0.3, 0.4) is 0 Å². The maximum atomic E-state index is 13.8. The van der Waals surface area contributed by atoms with Gasteiger partial charge in [-0.25, -0.2) is 9.37 Å². The third kappa shape index (κ3) is 4.56. The first-order chi connectivity index (χ1) is 14.6. The number of benzene rings is 3. The summed E-state index contributed by atoms with van der Waals surface area (Å²) >= 11 is 6.44. The number of rotatable bonds is 8. The van der Waals surface area contributed by atoms with E-state index in [0.717, 1.165) is 22.4 Å². The summed E-state index contributed by atoms with van der Waals surface area (Å²) in [5, 5.41) is 3.87. The molecule has 0 saturated heterocycles. The van der Waals surface area contributed by atoms with Crippen molar-refractivity contribution < 1.29 is 13.9 Å². The molecule has 1 aromatic heterocycles. The highest BCUT2D eigenvalue weighted by molar-refractivity contribution is 6.31. The fraction of sp³-hybridized carbons (Fsp3) is 0.174. The second-order valence-corrected chi connectivity index (χ2v) is 7.19. The Morgan fingerprint density at radius 1 is 1.00 bits per heavy atom. The Balaban J connectivity index is 1.41. The van der Waals surface area contributed by atoms with Gasteiger partial charge in [0.05, 0.1) is 24.7 Å². The number of nitrogens with zero attached hydrogens (tertiary/aromatic N) is 1. The first-order valence-corrected chi connectivity index (χ1v) is 9.89. The molecule has 30 heavy (non-hydrogen) atoms. The second-order valence-electron chi connectivity index (χ2n) is 6.78. The van der Waals surface area contributed by atoms with E-state index in [1.165, 1.54) is 6.07 Å². The summed E-state index contributed by atoms with van der Waals surface area (Å²) in [4.78, 5) is 7.83. The molecule has 3 aromatic carbocycles. The van der Waals surface area contributed by atoms with Crippen molar-refractivity contribution in [2.45, 2.75) is 19.7 Å². The van der Waals surface area contributed by atoms with E-state index in [1.807, 2.05) is 30.3 Å². The van der Waals surface area contributed by atoms with Gasteiger partial charge in [0.25, 0.3) is 0 Å². The number of imidazole rings is 1. The lowest BCUT2D eigenvalue weighted by molar-refractivity contribution is 0.279. The summed E-state index contributed by atoms with van der Waals surface area (Å²) in [5.74, 6) is 1.54. The fourth-order valence-electron chi connectivity index (χ4n) is 3.16. The standard InChI is InChI=1S/C23H21ClFN3O2/c1-29-21-10-16(12-26-13-23-27-19-8-4-5-9-20(19)28-23)17(24)11-22(21)30-14-15-6-2-3-7-18(15)25/h2-11,26H,12-14H2,1H3,(H,27,28). The summed E-state index contributed by atoms with van der Waals surface area (Å²) in [5.41, 5.74) is 3.27. The topological polar surface area (TPSA) is 59.2 Å². The molecule has 4 aromatic rings. The minimum atomic E-state index is -0.311. The number of fused-ring (bicyclic) bond motifs is 1. The number of aromatic nitrogens is 2. The molecule has 0 aliphatic carbocycles. The molecule has 0 saturated carbocycles. The number of hydrogen-bond acceptors (Lipinski definition) is 4. The van der Waals surface area contributed by atoms with Gasteiger partial charge in [-0.05, 0) is 29.8 Å². The summed E-state index contributed by atoms with van der Waals surface area (Å²) < 4.78 is 25.0. The van der Waals surface area contributed by atoms with Crippen molar-refractivity contribution in [2.24, 2.45) is 0 Å². The maximum Gasteiger partial charge on any atom is 0.163 e. The van der Waals surface area contributed by atoms with Crippen LogP contribution in [0.15, 0.2) is 60.7 Å². The molecular weight excluding hydrogens is 405 g/mol. The van der Waals surface area contributed by atoms with Gasteiger partial charge in [-0.15, -0.1) is 0 Å². The van der Waals surface area contributed by atoms with Gasteiger partial charge in [0, 0.05) is 23.2 Å². The van der Waals surface area contributed by atoms with Crippen molar-refractivity contribution in [2.75, 3.05) is 7.11 Å². The average molecular weight is 426 g/mol. The number of nitrogens with one attached hydrogen (secondary N) is 2. The molecule has 0 amide bonds. The molecule has 154 valence electrons. The third-order valence-electron chi connectivity index (χ3n) is 4.72. The lowest BCUT2D eigenvalue weighted by Crippen LogP contribution is -2.14. The van der Waals surface area contributed by atoms with Crippen LogP contribution in [0.4, 0.5) is 4.39 Å². The van der Waals surface area contributed by atoms with Crippen LogP contribution in [0.5, 0.6) is 11.5 Å². The Hall–Kier alpha value is -3.09. The number of hydrogen-bond donors (Lipinski definition) is 2. The first kappa shape index (κ1) is 20.2. The van der Waals surface area contributed by atoms with Crippen LogP contribution in [0.25, 0.3) is 11.0 Å². The van der Waals surface area contributed by atoms with Gasteiger partial charge in [-0.3, -0.25) is 0 Å². The number of methoxy groups -OCH3 is 1. The molecule has 4 rings (SSSR count). The normalized spacial score (nSPS) is 11.0. The van der Waals surface area contributed by atoms with E-state index < -0.39 is 0 Å². The van der Waals surface area contributed by atoms with Crippen LogP contribution in [-0.2, 0) is 19.7 Å². The molecule has 0 atom stereocenters. The van der Waals surface area contributed by atoms with Crippen molar-refractivity contribution >= 4 is 22.6 Å². The van der Waals surface area contributed by atoms with E-state index >= 15 is 0 Å². The van der Waals surface area contributed by atoms with E-state index in [9.17, 15) is 4.39 Å². The van der Waals surface area contributed by atoms with Crippen LogP contribution in [0.2, 0.25) is 5.02 Å². The van der Waals surface area contributed by atoms with Crippen molar-refractivity contribution in [1.82, 2.24) is 15.3 Å². The molecule has 0 fully saturated rings. The molecule has 1 heterocycles. The molecule has 0 aliphatic heterocycles. The largest absolute Gasteiger partial charge is 0.493 e. The number of aromatic amines is 1. The van der Waals surface area contributed by atoms with Crippen molar-refractivity contribution in [1.29, 1.82) is 0 Å². The Kier molecular flexibility index (Phi) is 6.16. The fourth-order valence-corrected chi connectivity index (χ4v) is 3.38. The van der Waals surface area contributed by atoms with Crippen molar-refractivity contribution in [3.63, 3.8) is 0 Å². The van der Waals surface area contributed by atoms with Crippen LogP contribution >= 0.6 is 11.6 Å². The van der Waals surface area contributed by atoms with Gasteiger partial charge < -0.3 is 19.8 Å². The van der Waals surface area contributed by atoms with E-state index in [2.05, 4.69) is 15.3 Å². The Morgan fingerprint density at radius 2 is 1.80 bits per heavy atom. The quantitative estimate of drug-likeness (QED) is 0.405. The predicted octanol–water partition coefficient (Wildman–Crippen LogP) is 5.23. The lowest BCUT2D eigenvalue weighted by Gasteiger charge is -2.14. The zero-order valence-electron chi connectivity index (χ0n) is 16.4. The first-order valence-electron chi connectivity index (χ1n) is 9.51. The van der Waals surface area contributed by atoms with Gasteiger partial charge in [0.15, 0.2) is 11.5 Å². The van der Waals surface area contributed by atoms with Gasteiger partial charge in [0.2, 0.25) is 0 Å². The molecule has 5 nitrogen and oxygen atoms in total. The van der Waals surface area contributed by atoms with Crippen LogP contribution in [0.1, 0.15) is 17.0 Å². The summed E-state index contributed by atoms with van der Waals surface area (Å²) in [6.07, 6.45) is 0. The summed E-state index contributed by atoms with van der Waals surface area (Å²) in [6.45, 7) is 1.18. The van der Waals surface area contributed by atoms with E-state index in [1.54, 1.807) is 31.4 Å². The highest BCUT2D eigenvalue weighted by atomic mass is 35.5. The Labute approximate surface area is 178 Å². The monoisotopic (exact) mass is 425 g/mol. The molecule has 0 unspecified atom stereocenters. The van der Waals surface area contributed by atoms with Gasteiger partial charge in [0.1, 0.15) is 18.2 Å². The second kappa shape index (κ2) is 9.15. The smallest absolute Gasteiger partial charge is 0.163 e. The highest BCUT2D eigenvalue weighted by Crippen LogP contribution is 2.34. The van der Waals surface area contributed by atoms with Crippen LogP contribution in [-0.4, -0.2) is 17.1 Å². The molecular formula is C23H21ClFN3O2. The molecule has 0 spiro atoms. The molecule has 7 heteroatoms. The molecule has 0 radical (unpaired) electrons. The van der Waals surface area contributed by atoms with E-state index in [0.29, 0.717) is 35.2 Å². The van der Waals surface area contributed by atoms with Gasteiger partial charge in [-0.2, -0.15) is 0 Å². The van der Waals surface area contributed by atoms with Crippen molar-refractivity contribution in [3.8, 4) is 11.5 Å². The van der Waals surface area contributed by atoms with Crippen LogP contribution in [0, 0.1) is 5.82 Å². The minimum absolute atomic E-state index is 0.0863. The third-order valence-corrected chi connectivity index (χ3v) is 5.07. The average Bonchev–Trinajstić information content (AvgIpc) is 3.17. The Morgan fingerprint density at radius 3 is 2.60 bits per heavy atom. The zero-order valence-corrected chi connectivity index (χ0v) is 17.2. The van der Waals surface area contributed by atoms with Crippen molar-refractivity contribution in [3.05, 3.63) is 88.5 Å². The number of ether oxygens (including phenoxy) is 2. The van der Waals surface area contributed by atoms with Gasteiger partial charge in [-0.1, -0.05) is 41.9 Å².